The molecular formula is C26H21N5O3. The van der Waals surface area contributed by atoms with Crippen molar-refractivity contribution in [1.29, 1.82) is 0 Å². The van der Waals surface area contributed by atoms with Gasteiger partial charge >= 0.3 is 6.03 Å². The molecule has 168 valence electrons. The summed E-state index contributed by atoms with van der Waals surface area (Å²) in [7, 11) is 0. The molecule has 0 atom stereocenters. The summed E-state index contributed by atoms with van der Waals surface area (Å²) in [4.78, 5) is 41.0. The average Bonchev–Trinajstić information content (AvgIpc) is 2.86. The number of anilines is 4. The Balaban J connectivity index is 1.34. The van der Waals surface area contributed by atoms with E-state index in [1.165, 1.54) is 6.20 Å². The summed E-state index contributed by atoms with van der Waals surface area (Å²) in [5.74, 6) is -0.648. The first-order valence-electron chi connectivity index (χ1n) is 10.4. The number of aromatic nitrogens is 1. The van der Waals surface area contributed by atoms with Crippen molar-refractivity contribution in [3.05, 3.63) is 115 Å². The molecule has 0 spiro atoms. The molecule has 34 heavy (non-hydrogen) atoms. The van der Waals surface area contributed by atoms with E-state index in [4.69, 9.17) is 0 Å². The Morgan fingerprint density at radius 1 is 0.529 bits per heavy atom. The van der Waals surface area contributed by atoms with Crippen molar-refractivity contribution in [1.82, 2.24) is 4.98 Å². The normalized spacial score (nSPS) is 10.1. The van der Waals surface area contributed by atoms with Crippen LogP contribution in [0.5, 0.6) is 0 Å². The van der Waals surface area contributed by atoms with E-state index in [1.54, 1.807) is 79.0 Å². The van der Waals surface area contributed by atoms with Gasteiger partial charge in [-0.3, -0.25) is 14.6 Å². The van der Waals surface area contributed by atoms with E-state index in [9.17, 15) is 14.4 Å². The zero-order valence-corrected chi connectivity index (χ0v) is 18.0. The maximum absolute atomic E-state index is 12.7. The van der Waals surface area contributed by atoms with Crippen molar-refractivity contribution in [3.8, 4) is 0 Å². The lowest BCUT2D eigenvalue weighted by Gasteiger charge is -2.10. The Bertz CT molecular complexity index is 1290. The van der Waals surface area contributed by atoms with Gasteiger partial charge in [0.05, 0.1) is 5.56 Å². The zero-order chi connectivity index (χ0) is 23.8. The monoisotopic (exact) mass is 451 g/mol. The van der Waals surface area contributed by atoms with E-state index in [-0.39, 0.29) is 17.8 Å². The molecule has 4 amide bonds. The summed E-state index contributed by atoms with van der Waals surface area (Å²) < 4.78 is 0. The predicted octanol–water partition coefficient (Wildman–Crippen LogP) is 5.23. The highest BCUT2D eigenvalue weighted by Gasteiger charge is 2.10. The van der Waals surface area contributed by atoms with Crippen LogP contribution < -0.4 is 21.3 Å². The van der Waals surface area contributed by atoms with E-state index >= 15 is 0 Å². The van der Waals surface area contributed by atoms with Crippen molar-refractivity contribution in [2.24, 2.45) is 0 Å². The van der Waals surface area contributed by atoms with E-state index in [2.05, 4.69) is 26.3 Å². The second-order valence-electron chi connectivity index (χ2n) is 7.25. The smallest absolute Gasteiger partial charge is 0.322 e. The molecule has 0 aliphatic heterocycles. The molecule has 0 fully saturated rings. The number of hydrogen-bond donors (Lipinski definition) is 4. The number of urea groups is 1. The number of para-hydroxylation sites is 1. The summed E-state index contributed by atoms with van der Waals surface area (Å²) in [5.41, 5.74) is 3.11. The van der Waals surface area contributed by atoms with Gasteiger partial charge in [-0.25, -0.2) is 4.79 Å². The molecule has 1 aromatic heterocycles. The van der Waals surface area contributed by atoms with Gasteiger partial charge in [0, 0.05) is 40.7 Å². The Morgan fingerprint density at radius 3 is 1.76 bits per heavy atom. The van der Waals surface area contributed by atoms with E-state index in [0.29, 0.717) is 33.9 Å². The third kappa shape index (κ3) is 6.04. The van der Waals surface area contributed by atoms with E-state index in [1.807, 2.05) is 18.2 Å². The van der Waals surface area contributed by atoms with Gasteiger partial charge in [-0.1, -0.05) is 24.3 Å². The van der Waals surface area contributed by atoms with Crippen LogP contribution in [0, 0.1) is 0 Å². The van der Waals surface area contributed by atoms with Crippen molar-refractivity contribution in [3.63, 3.8) is 0 Å². The number of amides is 4. The molecule has 4 rings (SSSR count). The molecule has 1 heterocycles. The quantitative estimate of drug-likeness (QED) is 0.321. The number of rotatable bonds is 6. The zero-order valence-electron chi connectivity index (χ0n) is 18.0. The Labute approximate surface area is 196 Å². The largest absolute Gasteiger partial charge is 0.323 e. The molecule has 4 aromatic rings. The minimum absolute atomic E-state index is 0.315. The minimum atomic E-state index is -0.367. The highest BCUT2D eigenvalue weighted by molar-refractivity contribution is 6.07. The maximum atomic E-state index is 12.7. The van der Waals surface area contributed by atoms with Crippen molar-refractivity contribution in [2.75, 3.05) is 21.3 Å². The van der Waals surface area contributed by atoms with Gasteiger partial charge in [0.1, 0.15) is 0 Å². The van der Waals surface area contributed by atoms with Crippen molar-refractivity contribution in [2.45, 2.75) is 0 Å². The molecule has 8 nitrogen and oxygen atoms in total. The highest BCUT2D eigenvalue weighted by atomic mass is 16.2. The second-order valence-corrected chi connectivity index (χ2v) is 7.25. The molecule has 0 bridgehead atoms. The topological polar surface area (TPSA) is 112 Å². The van der Waals surface area contributed by atoms with Crippen LogP contribution in [0.1, 0.15) is 20.7 Å². The number of nitrogens with zero attached hydrogens (tertiary/aromatic N) is 1. The molecule has 8 heteroatoms. The highest BCUT2D eigenvalue weighted by Crippen LogP contribution is 2.17. The van der Waals surface area contributed by atoms with Crippen LogP contribution in [0.3, 0.4) is 0 Å². The molecule has 0 radical (unpaired) electrons. The molecule has 4 N–H and O–H groups in total. The molecule has 3 aromatic carbocycles. The predicted molar refractivity (Wildman–Crippen MR) is 132 cm³/mol. The van der Waals surface area contributed by atoms with E-state index in [0.717, 1.165) is 0 Å². The van der Waals surface area contributed by atoms with Gasteiger partial charge in [-0.05, 0) is 66.7 Å². The van der Waals surface area contributed by atoms with E-state index < -0.39 is 0 Å². The summed E-state index contributed by atoms with van der Waals surface area (Å²) in [6.07, 6.45) is 3.06. The molecule has 0 aliphatic carbocycles. The lowest BCUT2D eigenvalue weighted by molar-refractivity contribution is 0.101. The maximum Gasteiger partial charge on any atom is 0.323 e. The lowest BCUT2D eigenvalue weighted by atomic mass is 10.1. The first-order valence-corrected chi connectivity index (χ1v) is 10.4. The van der Waals surface area contributed by atoms with Crippen LogP contribution in [-0.4, -0.2) is 22.8 Å². The molecule has 0 aliphatic rings. The molecular weight excluding hydrogens is 430 g/mol. The molecule has 0 saturated heterocycles. The first-order chi connectivity index (χ1) is 16.6. The molecule has 0 saturated carbocycles. The number of carbonyl (C=O) groups is 3. The number of hydrogen-bond acceptors (Lipinski definition) is 4. The third-order valence-electron chi connectivity index (χ3n) is 4.74. The van der Waals surface area contributed by atoms with Gasteiger partial charge in [0.15, 0.2) is 0 Å². The first kappa shape index (κ1) is 22.2. The fraction of sp³-hybridized carbons (Fsp3) is 0. The molecule has 0 unspecified atom stereocenters. The van der Waals surface area contributed by atoms with Crippen LogP contribution >= 0.6 is 0 Å². The number of benzene rings is 3. The SMILES string of the molecule is O=C(Nc1ccccc1)Nc1ccc(NC(=O)c2cccc(NC(=O)c3cccnc3)c2)cc1. The van der Waals surface area contributed by atoms with Gasteiger partial charge in [0.2, 0.25) is 0 Å². The average molecular weight is 451 g/mol. The van der Waals surface area contributed by atoms with Gasteiger partial charge in [-0.15, -0.1) is 0 Å². The Kier molecular flexibility index (Phi) is 6.90. The standard InChI is InChI=1S/C26H21N5O3/c32-24(18-6-4-10-23(16-18)29-25(33)19-7-5-15-27-17-19)28-21-11-13-22(14-12-21)31-26(34)30-20-8-2-1-3-9-20/h1-17H,(H,28,32)(H,29,33)(H2,30,31,34). The van der Waals surface area contributed by atoms with Crippen LogP contribution in [0.25, 0.3) is 0 Å². The third-order valence-corrected chi connectivity index (χ3v) is 4.74. The van der Waals surface area contributed by atoms with Crippen LogP contribution in [0.4, 0.5) is 27.5 Å². The fourth-order valence-electron chi connectivity index (χ4n) is 3.09. The summed E-state index contributed by atoms with van der Waals surface area (Å²) in [6.45, 7) is 0. The number of pyridine rings is 1. The van der Waals surface area contributed by atoms with Crippen molar-refractivity contribution >= 4 is 40.6 Å². The van der Waals surface area contributed by atoms with Crippen LogP contribution in [0.2, 0.25) is 0 Å². The Hall–Kier alpha value is -4.98. The minimum Gasteiger partial charge on any atom is -0.322 e. The van der Waals surface area contributed by atoms with Crippen molar-refractivity contribution < 1.29 is 14.4 Å². The van der Waals surface area contributed by atoms with Crippen LogP contribution in [-0.2, 0) is 0 Å². The van der Waals surface area contributed by atoms with Gasteiger partial charge in [-0.2, -0.15) is 0 Å². The summed E-state index contributed by atoms with van der Waals surface area (Å²) in [5, 5.41) is 11.0. The number of nitrogens with one attached hydrogen (secondary N) is 4. The number of carbonyl (C=O) groups excluding carboxylic acids is 3. The van der Waals surface area contributed by atoms with Gasteiger partial charge < -0.3 is 21.3 Å². The van der Waals surface area contributed by atoms with Crippen LogP contribution in [0.15, 0.2) is 103 Å². The summed E-state index contributed by atoms with van der Waals surface area (Å²) in [6, 6.07) is 25.4. The Morgan fingerprint density at radius 2 is 1.09 bits per heavy atom. The summed E-state index contributed by atoms with van der Waals surface area (Å²) >= 11 is 0. The fourth-order valence-corrected chi connectivity index (χ4v) is 3.09. The lowest BCUT2D eigenvalue weighted by Crippen LogP contribution is -2.19. The second kappa shape index (κ2) is 10.6. The van der Waals surface area contributed by atoms with Gasteiger partial charge in [0.25, 0.3) is 11.8 Å².